The number of pyridine rings is 1. The van der Waals surface area contributed by atoms with Gasteiger partial charge in [-0.15, -0.1) is 0 Å². The number of rotatable bonds is 8. The minimum absolute atomic E-state index is 0.0440. The van der Waals surface area contributed by atoms with E-state index in [1.165, 1.54) is 24.5 Å². The van der Waals surface area contributed by atoms with Crippen molar-refractivity contribution in [1.82, 2.24) is 4.98 Å². The van der Waals surface area contributed by atoms with Crippen LogP contribution in [0.3, 0.4) is 0 Å². The fourth-order valence-electron chi connectivity index (χ4n) is 4.68. The molecule has 1 aliphatic carbocycles. The molecule has 1 fully saturated rings. The van der Waals surface area contributed by atoms with Gasteiger partial charge in [0.2, 0.25) is 0 Å². The van der Waals surface area contributed by atoms with Gasteiger partial charge in [0.15, 0.2) is 0 Å². The number of para-hydroxylation sites is 1. The minimum atomic E-state index is -0.225. The number of hydrogen-bond donors (Lipinski definition) is 1. The number of methoxy groups -OCH3 is 1. The maximum absolute atomic E-state index is 14.1. The van der Waals surface area contributed by atoms with Crippen molar-refractivity contribution in [3.8, 4) is 5.75 Å². The van der Waals surface area contributed by atoms with E-state index in [0.717, 1.165) is 41.5 Å². The van der Waals surface area contributed by atoms with Gasteiger partial charge in [0.05, 0.1) is 12.6 Å². The van der Waals surface area contributed by atoms with Crippen LogP contribution in [-0.2, 0) is 11.8 Å². The topological polar surface area (TPSA) is 48.1 Å². The molecule has 3 nitrogen and oxygen atoms in total. The molecule has 1 saturated carbocycles. The molecule has 0 aliphatic heterocycles. The molecule has 4 heteroatoms. The Labute approximate surface area is 172 Å². The van der Waals surface area contributed by atoms with Crippen LogP contribution in [0.1, 0.15) is 43.7 Å². The van der Waals surface area contributed by atoms with E-state index in [9.17, 15) is 4.39 Å². The van der Waals surface area contributed by atoms with E-state index in [4.69, 9.17) is 10.5 Å². The molecule has 1 heterocycles. The van der Waals surface area contributed by atoms with Crippen LogP contribution in [0.25, 0.3) is 10.9 Å². The van der Waals surface area contributed by atoms with E-state index in [2.05, 4.69) is 24.0 Å². The molecule has 0 saturated heterocycles. The Morgan fingerprint density at radius 1 is 1.21 bits per heavy atom. The third-order valence-electron chi connectivity index (χ3n) is 6.18. The summed E-state index contributed by atoms with van der Waals surface area (Å²) in [6.45, 7) is 2.22. The van der Waals surface area contributed by atoms with E-state index in [0.29, 0.717) is 5.92 Å². The number of aromatic nitrogens is 1. The average molecular weight is 393 g/mol. The largest absolute Gasteiger partial charge is 0.496 e. The molecule has 0 amide bonds. The van der Waals surface area contributed by atoms with E-state index in [-0.39, 0.29) is 17.3 Å². The third-order valence-corrected chi connectivity index (χ3v) is 6.18. The molecule has 1 aromatic heterocycles. The molecule has 2 unspecified atom stereocenters. The van der Waals surface area contributed by atoms with Crippen LogP contribution in [0.15, 0.2) is 54.7 Å². The van der Waals surface area contributed by atoms with Gasteiger partial charge in [-0.2, -0.15) is 0 Å². The summed E-state index contributed by atoms with van der Waals surface area (Å²) in [7, 11) is 1.65. The second-order valence-electron chi connectivity index (χ2n) is 8.71. The predicted octanol–water partition coefficient (Wildman–Crippen LogP) is 5.40. The Balaban J connectivity index is 1.62. The molecule has 152 valence electrons. The monoisotopic (exact) mass is 392 g/mol. The molecule has 0 radical (unpaired) electrons. The second kappa shape index (κ2) is 8.11. The third kappa shape index (κ3) is 4.43. The summed E-state index contributed by atoms with van der Waals surface area (Å²) in [5, 5.41) is 1.15. The highest BCUT2D eigenvalue weighted by molar-refractivity contribution is 5.81. The molecular formula is C25H29FN2O. The van der Waals surface area contributed by atoms with Gasteiger partial charge < -0.3 is 10.5 Å². The fraction of sp³-hybridized carbons (Fsp3) is 0.400. The van der Waals surface area contributed by atoms with Gasteiger partial charge >= 0.3 is 0 Å². The molecule has 3 aromatic rings. The summed E-state index contributed by atoms with van der Waals surface area (Å²) in [4.78, 5) is 4.45. The molecule has 4 rings (SSSR count). The maximum Gasteiger partial charge on any atom is 0.123 e. The highest BCUT2D eigenvalue weighted by atomic mass is 19.1. The van der Waals surface area contributed by atoms with Crippen LogP contribution < -0.4 is 10.5 Å². The van der Waals surface area contributed by atoms with Gasteiger partial charge in [-0.1, -0.05) is 38.0 Å². The second-order valence-corrected chi connectivity index (χ2v) is 8.71. The molecule has 2 N–H and O–H groups in total. The molecule has 2 aromatic carbocycles. The van der Waals surface area contributed by atoms with Crippen LogP contribution in [0, 0.1) is 11.7 Å². The first kappa shape index (κ1) is 19.8. The van der Waals surface area contributed by atoms with Crippen LogP contribution in [0.5, 0.6) is 5.75 Å². The number of ether oxygens (including phenoxy) is 1. The number of nitrogens with two attached hydrogens (primary N) is 1. The summed E-state index contributed by atoms with van der Waals surface area (Å²) < 4.78 is 19.7. The first-order chi connectivity index (χ1) is 14.0. The summed E-state index contributed by atoms with van der Waals surface area (Å²) >= 11 is 0. The smallest absolute Gasteiger partial charge is 0.123 e. The van der Waals surface area contributed by atoms with Crippen molar-refractivity contribution in [2.45, 2.75) is 50.5 Å². The van der Waals surface area contributed by atoms with Crippen LogP contribution >= 0.6 is 0 Å². The van der Waals surface area contributed by atoms with E-state index in [1.807, 2.05) is 24.4 Å². The standard InChI is InChI=1S/C25H29FN2O/c1-25(15-17-7-8-17,22-14-19(26)9-10-24(22)29-2)16-20(27)13-18-11-12-28-23-6-4-3-5-21(18)23/h3-6,9-12,14,17,20H,7-8,13,15-16,27H2,1-2H3. The first-order valence-corrected chi connectivity index (χ1v) is 10.4. The Morgan fingerprint density at radius 2 is 2.00 bits per heavy atom. The van der Waals surface area contributed by atoms with Gasteiger partial charge in [-0.3, -0.25) is 4.98 Å². The Morgan fingerprint density at radius 3 is 2.76 bits per heavy atom. The highest BCUT2D eigenvalue weighted by Crippen LogP contribution is 2.47. The van der Waals surface area contributed by atoms with E-state index >= 15 is 0 Å². The Hall–Kier alpha value is -2.46. The SMILES string of the molecule is COc1ccc(F)cc1C(C)(CC(N)Cc1ccnc2ccccc12)CC1CC1. The van der Waals surface area contributed by atoms with Gasteiger partial charge in [-0.05, 0) is 66.5 Å². The summed E-state index contributed by atoms with van der Waals surface area (Å²) in [5.74, 6) is 1.22. The normalized spacial score (nSPS) is 17.1. The van der Waals surface area contributed by atoms with E-state index < -0.39 is 0 Å². The van der Waals surface area contributed by atoms with Crippen molar-refractivity contribution in [2.24, 2.45) is 11.7 Å². The number of benzene rings is 2. The molecule has 2 atom stereocenters. The van der Waals surface area contributed by atoms with Crippen molar-refractivity contribution < 1.29 is 9.13 Å². The number of fused-ring (bicyclic) bond motifs is 1. The Bertz CT molecular complexity index is 996. The quantitative estimate of drug-likeness (QED) is 0.558. The number of hydrogen-bond acceptors (Lipinski definition) is 3. The fourth-order valence-corrected chi connectivity index (χ4v) is 4.68. The summed E-state index contributed by atoms with van der Waals surface area (Å²) in [6, 6.07) is 15.0. The van der Waals surface area contributed by atoms with Crippen molar-refractivity contribution in [1.29, 1.82) is 0 Å². The summed E-state index contributed by atoms with van der Waals surface area (Å²) in [5.41, 5.74) is 9.60. The van der Waals surface area contributed by atoms with Gasteiger partial charge in [0.1, 0.15) is 11.6 Å². The van der Waals surface area contributed by atoms with Gasteiger partial charge in [0.25, 0.3) is 0 Å². The lowest BCUT2D eigenvalue weighted by Gasteiger charge is -2.34. The van der Waals surface area contributed by atoms with Crippen molar-refractivity contribution in [3.63, 3.8) is 0 Å². The lowest BCUT2D eigenvalue weighted by Crippen LogP contribution is -2.35. The average Bonchev–Trinajstić information content (AvgIpc) is 3.52. The van der Waals surface area contributed by atoms with E-state index in [1.54, 1.807) is 19.2 Å². The van der Waals surface area contributed by atoms with Crippen molar-refractivity contribution in [2.75, 3.05) is 7.11 Å². The highest BCUT2D eigenvalue weighted by Gasteiger charge is 2.38. The minimum Gasteiger partial charge on any atom is -0.496 e. The first-order valence-electron chi connectivity index (χ1n) is 10.4. The predicted molar refractivity (Wildman–Crippen MR) is 116 cm³/mol. The van der Waals surface area contributed by atoms with Crippen LogP contribution in [0.4, 0.5) is 4.39 Å². The zero-order chi connectivity index (χ0) is 20.4. The zero-order valence-corrected chi connectivity index (χ0v) is 17.2. The van der Waals surface area contributed by atoms with Crippen LogP contribution in [0.2, 0.25) is 0 Å². The van der Waals surface area contributed by atoms with Gasteiger partial charge in [-0.25, -0.2) is 4.39 Å². The van der Waals surface area contributed by atoms with Crippen molar-refractivity contribution in [3.05, 3.63) is 71.7 Å². The maximum atomic E-state index is 14.1. The molecule has 0 spiro atoms. The molecule has 1 aliphatic rings. The van der Waals surface area contributed by atoms with Crippen molar-refractivity contribution >= 4 is 10.9 Å². The lowest BCUT2D eigenvalue weighted by atomic mass is 9.72. The molecule has 29 heavy (non-hydrogen) atoms. The molecular weight excluding hydrogens is 363 g/mol. The summed E-state index contributed by atoms with van der Waals surface area (Å²) in [6.07, 6.45) is 6.90. The van der Waals surface area contributed by atoms with Gasteiger partial charge in [0, 0.05) is 23.2 Å². The number of halogens is 1. The molecule has 0 bridgehead atoms. The lowest BCUT2D eigenvalue weighted by molar-refractivity contribution is 0.322. The van der Waals surface area contributed by atoms with Crippen LogP contribution in [-0.4, -0.2) is 18.1 Å². The zero-order valence-electron chi connectivity index (χ0n) is 17.2. The Kier molecular flexibility index (Phi) is 5.55. The number of nitrogens with zero attached hydrogens (tertiary/aromatic N) is 1.